The van der Waals surface area contributed by atoms with Crippen LogP contribution in [0.15, 0.2) is 17.0 Å². The molecule has 1 fully saturated rings. The minimum absolute atomic E-state index is 0.0419. The number of nitrogens with two attached hydrogens (primary N) is 1. The number of thioether (sulfide) groups is 1. The lowest BCUT2D eigenvalue weighted by Crippen LogP contribution is -2.29. The van der Waals surface area contributed by atoms with E-state index in [9.17, 15) is 13.6 Å². The summed E-state index contributed by atoms with van der Waals surface area (Å²) in [5.41, 5.74) is 5.36. The Morgan fingerprint density at radius 2 is 1.83 bits per heavy atom. The lowest BCUT2D eigenvalue weighted by molar-refractivity contribution is -0.127. The van der Waals surface area contributed by atoms with Gasteiger partial charge in [-0.25, -0.2) is 8.78 Å². The molecule has 18 heavy (non-hydrogen) atoms. The summed E-state index contributed by atoms with van der Waals surface area (Å²) in [5, 5.41) is 0. The first-order valence-corrected chi connectivity index (χ1v) is 6.71. The second-order valence-corrected chi connectivity index (χ2v) is 5.18. The van der Waals surface area contributed by atoms with Crippen molar-refractivity contribution in [1.82, 2.24) is 4.90 Å². The zero-order valence-electron chi connectivity index (χ0n) is 9.79. The summed E-state index contributed by atoms with van der Waals surface area (Å²) in [6.07, 6.45) is 2.00. The number of likely N-dealkylation sites (tertiary alicyclic amines) is 1. The molecular formula is C12H14F2N2OS. The summed E-state index contributed by atoms with van der Waals surface area (Å²) in [5.74, 6) is -1.45. The van der Waals surface area contributed by atoms with Crippen LogP contribution in [0.3, 0.4) is 0 Å². The molecular weight excluding hydrogens is 258 g/mol. The fourth-order valence-electron chi connectivity index (χ4n) is 1.91. The number of rotatable bonds is 3. The number of benzene rings is 1. The zero-order valence-corrected chi connectivity index (χ0v) is 10.6. The van der Waals surface area contributed by atoms with Crippen molar-refractivity contribution in [1.29, 1.82) is 0 Å². The van der Waals surface area contributed by atoms with E-state index in [0.717, 1.165) is 49.8 Å². The van der Waals surface area contributed by atoms with Gasteiger partial charge < -0.3 is 10.6 Å². The van der Waals surface area contributed by atoms with E-state index in [0.29, 0.717) is 0 Å². The van der Waals surface area contributed by atoms with Gasteiger partial charge in [0.05, 0.1) is 10.6 Å². The number of nitrogens with zero attached hydrogens (tertiary/aromatic N) is 1. The van der Waals surface area contributed by atoms with Crippen molar-refractivity contribution in [3.63, 3.8) is 0 Å². The second-order valence-electron chi connectivity index (χ2n) is 4.19. The number of halogens is 2. The molecule has 0 aliphatic carbocycles. The van der Waals surface area contributed by atoms with Crippen LogP contribution in [0.5, 0.6) is 0 Å². The summed E-state index contributed by atoms with van der Waals surface area (Å²) < 4.78 is 26.9. The molecule has 0 saturated carbocycles. The van der Waals surface area contributed by atoms with Crippen molar-refractivity contribution in [2.75, 3.05) is 24.6 Å². The first-order chi connectivity index (χ1) is 8.58. The molecule has 1 amide bonds. The predicted molar refractivity (Wildman–Crippen MR) is 67.3 cm³/mol. The van der Waals surface area contributed by atoms with E-state index >= 15 is 0 Å². The Labute approximate surface area is 108 Å². The molecule has 0 bridgehead atoms. The molecule has 3 nitrogen and oxygen atoms in total. The molecule has 0 atom stereocenters. The summed E-state index contributed by atoms with van der Waals surface area (Å²) in [6.45, 7) is 1.48. The van der Waals surface area contributed by atoms with Crippen LogP contribution in [0, 0.1) is 11.6 Å². The van der Waals surface area contributed by atoms with Crippen LogP contribution < -0.4 is 5.73 Å². The first kappa shape index (κ1) is 13.1. The zero-order chi connectivity index (χ0) is 13.1. The topological polar surface area (TPSA) is 46.3 Å². The van der Waals surface area contributed by atoms with Gasteiger partial charge in [-0.2, -0.15) is 0 Å². The second kappa shape index (κ2) is 5.56. The number of carbonyl (C=O) groups excluding carboxylic acids is 1. The maximum Gasteiger partial charge on any atom is 0.232 e. The number of amides is 1. The minimum Gasteiger partial charge on any atom is -0.399 e. The molecule has 0 aromatic heterocycles. The van der Waals surface area contributed by atoms with Crippen molar-refractivity contribution >= 4 is 23.4 Å². The van der Waals surface area contributed by atoms with Crippen LogP contribution in [0.4, 0.5) is 14.5 Å². The fourth-order valence-corrected chi connectivity index (χ4v) is 2.75. The van der Waals surface area contributed by atoms with Crippen LogP contribution in [0.2, 0.25) is 0 Å². The maximum absolute atomic E-state index is 13.5. The molecule has 2 rings (SSSR count). The van der Waals surface area contributed by atoms with Crippen LogP contribution in [0.1, 0.15) is 12.8 Å². The molecule has 0 radical (unpaired) electrons. The smallest absolute Gasteiger partial charge is 0.232 e. The number of nitrogen functional groups attached to an aromatic ring is 1. The van der Waals surface area contributed by atoms with Crippen LogP contribution in [-0.2, 0) is 4.79 Å². The number of carbonyl (C=O) groups is 1. The molecule has 1 aliphatic rings. The number of anilines is 1. The average Bonchev–Trinajstić information content (AvgIpc) is 2.80. The quantitative estimate of drug-likeness (QED) is 0.678. The summed E-state index contributed by atoms with van der Waals surface area (Å²) in [4.78, 5) is 13.3. The van der Waals surface area contributed by atoms with E-state index in [1.165, 1.54) is 0 Å². The normalized spacial score (nSPS) is 15.1. The minimum atomic E-state index is -0.716. The average molecular weight is 272 g/mol. The Morgan fingerprint density at radius 1 is 1.28 bits per heavy atom. The van der Waals surface area contributed by atoms with Gasteiger partial charge in [0.1, 0.15) is 11.6 Å². The summed E-state index contributed by atoms with van der Waals surface area (Å²) in [6, 6.07) is 2.12. The molecule has 1 heterocycles. The van der Waals surface area contributed by atoms with E-state index < -0.39 is 11.6 Å². The third-order valence-electron chi connectivity index (χ3n) is 2.82. The molecule has 1 saturated heterocycles. The highest BCUT2D eigenvalue weighted by molar-refractivity contribution is 8.00. The van der Waals surface area contributed by atoms with Crippen LogP contribution in [-0.4, -0.2) is 29.6 Å². The number of hydrogen-bond donors (Lipinski definition) is 1. The Morgan fingerprint density at radius 3 is 2.39 bits per heavy atom. The standard InChI is InChI=1S/C12H14F2N2OS/c13-9-5-8(15)6-10(14)12(9)18-7-11(17)16-3-1-2-4-16/h5-6H,1-4,7,15H2. The lowest BCUT2D eigenvalue weighted by Gasteiger charge is -2.15. The monoisotopic (exact) mass is 272 g/mol. The van der Waals surface area contributed by atoms with Gasteiger partial charge >= 0.3 is 0 Å². The van der Waals surface area contributed by atoms with E-state index in [2.05, 4.69) is 0 Å². The fraction of sp³-hybridized carbons (Fsp3) is 0.417. The predicted octanol–water partition coefficient (Wildman–Crippen LogP) is 2.26. The molecule has 0 spiro atoms. The van der Waals surface area contributed by atoms with Gasteiger partial charge in [-0.3, -0.25) is 4.79 Å². The Balaban J connectivity index is 1.99. The van der Waals surface area contributed by atoms with E-state index in [1.807, 2.05) is 0 Å². The molecule has 1 aliphatic heterocycles. The van der Waals surface area contributed by atoms with Crippen molar-refractivity contribution in [2.45, 2.75) is 17.7 Å². The summed E-state index contributed by atoms with van der Waals surface area (Å²) in [7, 11) is 0. The van der Waals surface area contributed by atoms with Gasteiger partial charge in [0.25, 0.3) is 0 Å². The molecule has 2 N–H and O–H groups in total. The Bertz CT molecular complexity index is 438. The van der Waals surface area contributed by atoms with Crippen molar-refractivity contribution in [2.24, 2.45) is 0 Å². The molecule has 0 unspecified atom stereocenters. The van der Waals surface area contributed by atoms with E-state index in [-0.39, 0.29) is 22.2 Å². The third-order valence-corrected chi connectivity index (χ3v) is 3.89. The summed E-state index contributed by atoms with van der Waals surface area (Å²) >= 11 is 0.881. The van der Waals surface area contributed by atoms with Crippen molar-refractivity contribution < 1.29 is 13.6 Å². The highest BCUT2D eigenvalue weighted by Crippen LogP contribution is 2.27. The van der Waals surface area contributed by atoms with E-state index in [1.54, 1.807) is 4.90 Å². The molecule has 98 valence electrons. The van der Waals surface area contributed by atoms with Gasteiger partial charge in [0, 0.05) is 18.8 Å². The Hall–Kier alpha value is -1.30. The molecule has 6 heteroatoms. The highest BCUT2D eigenvalue weighted by Gasteiger charge is 2.19. The molecule has 1 aromatic rings. The van der Waals surface area contributed by atoms with Gasteiger partial charge in [0.15, 0.2) is 0 Å². The maximum atomic E-state index is 13.5. The SMILES string of the molecule is Nc1cc(F)c(SCC(=O)N2CCCC2)c(F)c1. The third kappa shape index (κ3) is 2.93. The lowest BCUT2D eigenvalue weighted by atomic mass is 10.3. The molecule has 1 aromatic carbocycles. The van der Waals surface area contributed by atoms with Crippen LogP contribution >= 0.6 is 11.8 Å². The van der Waals surface area contributed by atoms with Gasteiger partial charge in [0.2, 0.25) is 5.91 Å². The van der Waals surface area contributed by atoms with Crippen LogP contribution in [0.25, 0.3) is 0 Å². The Kier molecular flexibility index (Phi) is 4.06. The first-order valence-electron chi connectivity index (χ1n) is 5.73. The van der Waals surface area contributed by atoms with Gasteiger partial charge in [-0.05, 0) is 25.0 Å². The van der Waals surface area contributed by atoms with Crippen molar-refractivity contribution in [3.05, 3.63) is 23.8 Å². The van der Waals surface area contributed by atoms with Crippen molar-refractivity contribution in [3.8, 4) is 0 Å². The van der Waals surface area contributed by atoms with Gasteiger partial charge in [-0.1, -0.05) is 0 Å². The van der Waals surface area contributed by atoms with Gasteiger partial charge in [-0.15, -0.1) is 11.8 Å². The van der Waals surface area contributed by atoms with E-state index in [4.69, 9.17) is 5.73 Å². The highest BCUT2D eigenvalue weighted by atomic mass is 32.2. The largest absolute Gasteiger partial charge is 0.399 e. The number of hydrogen-bond acceptors (Lipinski definition) is 3.